The van der Waals surface area contributed by atoms with Gasteiger partial charge in [0.05, 0.1) is 12.4 Å². The summed E-state index contributed by atoms with van der Waals surface area (Å²) >= 11 is 5.97. The second-order valence-electron chi connectivity index (χ2n) is 6.12. The first-order valence-electron chi connectivity index (χ1n) is 8.31. The van der Waals surface area contributed by atoms with Gasteiger partial charge < -0.3 is 15.2 Å². The summed E-state index contributed by atoms with van der Waals surface area (Å²) in [5.74, 6) is 1.69. The fourth-order valence-corrected chi connectivity index (χ4v) is 3.41. The van der Waals surface area contributed by atoms with Crippen molar-refractivity contribution in [2.24, 2.45) is 5.92 Å². The third kappa shape index (κ3) is 4.58. The molecule has 128 valence electrons. The lowest BCUT2D eigenvalue weighted by molar-refractivity contribution is 0.254. The van der Waals surface area contributed by atoms with E-state index in [1.165, 1.54) is 6.42 Å². The Labute approximate surface area is 147 Å². The summed E-state index contributed by atoms with van der Waals surface area (Å²) in [6.07, 6.45) is 7.57. The standard InChI is InChI=1S/C18H22ClN3O2/c19-15-5-1-3-13(9-15)12-24-18-11-20-10-17(22-18)21-16-6-2-4-14(16)7-8-23/h1,3,5,9-11,14,16,23H,2,4,6-8,12H2,(H,21,22). The average molecular weight is 348 g/mol. The van der Waals surface area contributed by atoms with Gasteiger partial charge in [0.2, 0.25) is 5.88 Å². The zero-order valence-corrected chi connectivity index (χ0v) is 14.2. The molecule has 1 saturated carbocycles. The summed E-state index contributed by atoms with van der Waals surface area (Å²) in [6, 6.07) is 7.90. The third-order valence-electron chi connectivity index (χ3n) is 4.38. The van der Waals surface area contributed by atoms with Gasteiger partial charge in [-0.1, -0.05) is 30.2 Å². The summed E-state index contributed by atoms with van der Waals surface area (Å²) in [5.41, 5.74) is 0.987. The number of aromatic nitrogens is 2. The Bertz CT molecular complexity index is 668. The first-order chi connectivity index (χ1) is 11.7. The van der Waals surface area contributed by atoms with Crippen molar-refractivity contribution in [3.63, 3.8) is 0 Å². The molecule has 1 aliphatic carbocycles. The van der Waals surface area contributed by atoms with E-state index in [4.69, 9.17) is 21.4 Å². The van der Waals surface area contributed by atoms with Gasteiger partial charge >= 0.3 is 0 Å². The second kappa shape index (κ2) is 8.31. The molecule has 2 aromatic rings. The topological polar surface area (TPSA) is 67.3 Å². The highest BCUT2D eigenvalue weighted by Gasteiger charge is 2.26. The van der Waals surface area contributed by atoms with Gasteiger partial charge in [-0.15, -0.1) is 0 Å². The maximum absolute atomic E-state index is 9.17. The van der Waals surface area contributed by atoms with Crippen molar-refractivity contribution in [3.8, 4) is 5.88 Å². The SMILES string of the molecule is OCCC1CCCC1Nc1cncc(OCc2cccc(Cl)c2)n1. The van der Waals surface area contributed by atoms with Crippen molar-refractivity contribution in [1.29, 1.82) is 0 Å². The molecule has 1 aromatic heterocycles. The molecule has 1 fully saturated rings. The maximum atomic E-state index is 9.17. The fourth-order valence-electron chi connectivity index (χ4n) is 3.20. The van der Waals surface area contributed by atoms with Crippen LogP contribution in [0.2, 0.25) is 5.02 Å². The highest BCUT2D eigenvalue weighted by atomic mass is 35.5. The van der Waals surface area contributed by atoms with E-state index < -0.39 is 0 Å². The molecule has 2 atom stereocenters. The molecule has 0 spiro atoms. The van der Waals surface area contributed by atoms with Crippen LogP contribution in [0.1, 0.15) is 31.2 Å². The average Bonchev–Trinajstić information content (AvgIpc) is 3.01. The Kier molecular flexibility index (Phi) is 5.88. The minimum atomic E-state index is 0.233. The van der Waals surface area contributed by atoms with Crippen LogP contribution in [0.3, 0.4) is 0 Å². The molecule has 6 heteroatoms. The normalized spacial score (nSPS) is 20.1. The van der Waals surface area contributed by atoms with Gasteiger partial charge in [-0.2, -0.15) is 4.98 Å². The van der Waals surface area contributed by atoms with Crippen molar-refractivity contribution in [2.45, 2.75) is 38.3 Å². The molecule has 2 N–H and O–H groups in total. The first-order valence-corrected chi connectivity index (χ1v) is 8.69. The van der Waals surface area contributed by atoms with Gasteiger partial charge in [0.25, 0.3) is 0 Å². The number of hydrogen-bond acceptors (Lipinski definition) is 5. The van der Waals surface area contributed by atoms with E-state index in [1.807, 2.05) is 24.3 Å². The number of hydrogen-bond donors (Lipinski definition) is 2. The number of nitrogens with zero attached hydrogens (tertiary/aromatic N) is 2. The van der Waals surface area contributed by atoms with Crippen LogP contribution in [-0.2, 0) is 6.61 Å². The quantitative estimate of drug-likeness (QED) is 0.799. The van der Waals surface area contributed by atoms with Crippen molar-refractivity contribution in [1.82, 2.24) is 9.97 Å². The zero-order valence-electron chi connectivity index (χ0n) is 13.5. The smallest absolute Gasteiger partial charge is 0.234 e. The second-order valence-corrected chi connectivity index (χ2v) is 6.55. The molecule has 0 aliphatic heterocycles. The van der Waals surface area contributed by atoms with Gasteiger partial charge in [-0.3, -0.25) is 4.98 Å². The molecular formula is C18H22ClN3O2. The van der Waals surface area contributed by atoms with E-state index in [1.54, 1.807) is 12.4 Å². The first kappa shape index (κ1) is 17.0. The van der Waals surface area contributed by atoms with Crippen LogP contribution >= 0.6 is 11.6 Å². The molecule has 1 heterocycles. The molecule has 5 nitrogen and oxygen atoms in total. The van der Waals surface area contributed by atoms with E-state index in [0.717, 1.165) is 24.8 Å². The minimum Gasteiger partial charge on any atom is -0.472 e. The van der Waals surface area contributed by atoms with Gasteiger partial charge in [0, 0.05) is 17.7 Å². The lowest BCUT2D eigenvalue weighted by Crippen LogP contribution is -2.25. The van der Waals surface area contributed by atoms with Gasteiger partial charge in [-0.05, 0) is 42.9 Å². The monoisotopic (exact) mass is 347 g/mol. The Morgan fingerprint density at radius 1 is 1.29 bits per heavy atom. The molecule has 3 rings (SSSR count). The number of nitrogens with one attached hydrogen (secondary N) is 1. The lowest BCUT2D eigenvalue weighted by atomic mass is 10.0. The van der Waals surface area contributed by atoms with Crippen LogP contribution in [0.5, 0.6) is 5.88 Å². The summed E-state index contributed by atoms with van der Waals surface area (Å²) < 4.78 is 5.71. The van der Waals surface area contributed by atoms with Crippen molar-refractivity contribution in [3.05, 3.63) is 47.2 Å². The van der Waals surface area contributed by atoms with Crippen LogP contribution in [0.25, 0.3) is 0 Å². The molecule has 24 heavy (non-hydrogen) atoms. The summed E-state index contributed by atoms with van der Waals surface area (Å²) in [4.78, 5) is 8.68. The molecule has 1 aromatic carbocycles. The van der Waals surface area contributed by atoms with Crippen LogP contribution in [-0.4, -0.2) is 27.7 Å². The molecule has 0 radical (unpaired) electrons. The van der Waals surface area contributed by atoms with Crippen LogP contribution in [0.4, 0.5) is 5.82 Å². The maximum Gasteiger partial charge on any atom is 0.234 e. The van der Waals surface area contributed by atoms with Crippen LogP contribution in [0, 0.1) is 5.92 Å². The number of aliphatic hydroxyl groups is 1. The lowest BCUT2D eigenvalue weighted by Gasteiger charge is -2.20. The molecule has 1 aliphatic rings. The van der Waals surface area contributed by atoms with Gasteiger partial charge in [-0.25, -0.2) is 0 Å². The highest BCUT2D eigenvalue weighted by molar-refractivity contribution is 6.30. The van der Waals surface area contributed by atoms with Gasteiger partial charge in [0.1, 0.15) is 12.4 Å². The predicted octanol–water partition coefficient (Wildman–Crippen LogP) is 3.67. The van der Waals surface area contributed by atoms with E-state index in [9.17, 15) is 0 Å². The summed E-state index contributed by atoms with van der Waals surface area (Å²) in [5, 5.41) is 13.3. The van der Waals surface area contributed by atoms with Crippen LogP contribution in [0.15, 0.2) is 36.7 Å². The van der Waals surface area contributed by atoms with Crippen molar-refractivity contribution >= 4 is 17.4 Å². The number of ether oxygens (including phenoxy) is 1. The van der Waals surface area contributed by atoms with Crippen molar-refractivity contribution in [2.75, 3.05) is 11.9 Å². The Balaban J connectivity index is 1.59. The number of halogens is 1. The largest absolute Gasteiger partial charge is 0.472 e. The van der Waals surface area contributed by atoms with E-state index in [2.05, 4.69) is 15.3 Å². The van der Waals surface area contributed by atoms with Gasteiger partial charge in [0.15, 0.2) is 0 Å². The summed E-state index contributed by atoms with van der Waals surface area (Å²) in [6.45, 7) is 0.632. The van der Waals surface area contributed by atoms with E-state index >= 15 is 0 Å². The minimum absolute atomic E-state index is 0.233. The Morgan fingerprint density at radius 2 is 2.21 bits per heavy atom. The number of anilines is 1. The molecule has 2 unspecified atom stereocenters. The molecule has 0 saturated heterocycles. The number of rotatable bonds is 7. The number of aliphatic hydroxyl groups excluding tert-OH is 1. The predicted molar refractivity (Wildman–Crippen MR) is 94.3 cm³/mol. The Morgan fingerprint density at radius 3 is 3.04 bits per heavy atom. The zero-order chi connectivity index (χ0) is 16.8. The summed E-state index contributed by atoms with van der Waals surface area (Å²) in [7, 11) is 0. The fraction of sp³-hybridized carbons (Fsp3) is 0.444. The van der Waals surface area contributed by atoms with Crippen molar-refractivity contribution < 1.29 is 9.84 Å². The Hall–Kier alpha value is -1.85. The van der Waals surface area contributed by atoms with E-state index in [0.29, 0.717) is 35.3 Å². The highest BCUT2D eigenvalue weighted by Crippen LogP contribution is 2.30. The molecule has 0 bridgehead atoms. The van der Waals surface area contributed by atoms with E-state index in [-0.39, 0.29) is 6.61 Å². The third-order valence-corrected chi connectivity index (χ3v) is 4.62. The molecule has 0 amide bonds. The number of benzene rings is 1. The van der Waals surface area contributed by atoms with Crippen LogP contribution < -0.4 is 10.1 Å². The molecular weight excluding hydrogens is 326 g/mol.